The number of imide groups is 1. The van der Waals surface area contributed by atoms with Crippen molar-refractivity contribution in [2.75, 3.05) is 5.73 Å². The Bertz CT molecular complexity index is 1210. The third-order valence-electron chi connectivity index (χ3n) is 4.13. The van der Waals surface area contributed by atoms with E-state index in [2.05, 4.69) is 10.4 Å². The van der Waals surface area contributed by atoms with Gasteiger partial charge in [0.1, 0.15) is 5.82 Å². The minimum atomic E-state index is -1.20. The molecular weight excluding hydrogens is 354 g/mol. The number of hydrogen-bond donors (Lipinski definition) is 3. The molecule has 27 heavy (non-hydrogen) atoms. The van der Waals surface area contributed by atoms with Gasteiger partial charge in [0.25, 0.3) is 17.4 Å². The van der Waals surface area contributed by atoms with Gasteiger partial charge in [0.2, 0.25) is 0 Å². The lowest BCUT2D eigenvalue weighted by atomic mass is 10.1. The van der Waals surface area contributed by atoms with Gasteiger partial charge in [0.05, 0.1) is 22.5 Å². The number of benzene rings is 1. The Kier molecular flexibility index (Phi) is 3.41. The van der Waals surface area contributed by atoms with Gasteiger partial charge in [-0.05, 0) is 18.2 Å². The minimum absolute atomic E-state index is 0.0801. The molecule has 3 heterocycles. The molecule has 3 aromatic rings. The van der Waals surface area contributed by atoms with Gasteiger partial charge in [-0.2, -0.15) is 5.10 Å². The second kappa shape index (κ2) is 5.66. The number of pyridine rings is 1. The Hall–Kier alpha value is -4.21. The highest BCUT2D eigenvalue weighted by molar-refractivity contribution is 6.23. The van der Waals surface area contributed by atoms with Crippen LogP contribution in [0.3, 0.4) is 0 Å². The van der Waals surface area contributed by atoms with Crippen LogP contribution < -0.4 is 16.6 Å². The largest absolute Gasteiger partial charge is 0.476 e. The smallest absolute Gasteiger partial charge is 0.356 e. The van der Waals surface area contributed by atoms with E-state index < -0.39 is 23.3 Å². The average Bonchev–Trinajstić information content (AvgIpc) is 3.21. The first-order valence-corrected chi connectivity index (χ1v) is 7.68. The van der Waals surface area contributed by atoms with Gasteiger partial charge in [0.15, 0.2) is 5.69 Å². The Morgan fingerprint density at radius 3 is 2.44 bits per heavy atom. The first-order valence-electron chi connectivity index (χ1n) is 7.68. The number of nitrogens with one attached hydrogen (secondary N) is 1. The topological polar surface area (TPSA) is 149 Å². The lowest BCUT2D eigenvalue weighted by molar-refractivity contribution is 0.0689. The summed E-state index contributed by atoms with van der Waals surface area (Å²) in [7, 11) is 0. The Morgan fingerprint density at radius 1 is 1.07 bits per heavy atom. The van der Waals surface area contributed by atoms with Crippen LogP contribution in [0.2, 0.25) is 0 Å². The maximum atomic E-state index is 12.6. The number of nitrogens with zero attached hydrogens (tertiary/aromatic N) is 3. The molecule has 1 aromatic carbocycles. The molecule has 2 amide bonds. The number of carboxylic acids is 1. The lowest BCUT2D eigenvalue weighted by Gasteiger charge is -2.15. The number of hydrogen-bond acceptors (Lipinski definition) is 6. The first kappa shape index (κ1) is 16.3. The van der Waals surface area contributed by atoms with E-state index in [0.717, 1.165) is 10.6 Å². The van der Waals surface area contributed by atoms with E-state index in [-0.39, 0.29) is 28.3 Å². The summed E-state index contributed by atoms with van der Waals surface area (Å²) in [5, 5.41) is 15.1. The summed E-state index contributed by atoms with van der Waals surface area (Å²) in [4.78, 5) is 47.5. The predicted octanol–water partition coefficient (Wildman–Crippen LogP) is 0.187. The SMILES string of the molecule is Nc1c2c(cc(=O)n1-c1ccccc1-n1ccc(C(=O)O)n1)C(=O)NC2=O. The van der Waals surface area contributed by atoms with Crippen LogP contribution in [0.1, 0.15) is 31.2 Å². The molecule has 0 radical (unpaired) electrons. The van der Waals surface area contributed by atoms with Gasteiger partial charge in [0, 0.05) is 12.3 Å². The molecule has 1 aliphatic rings. The van der Waals surface area contributed by atoms with E-state index in [0.29, 0.717) is 5.69 Å². The zero-order chi connectivity index (χ0) is 19.3. The van der Waals surface area contributed by atoms with Gasteiger partial charge in [-0.15, -0.1) is 0 Å². The number of para-hydroxylation sites is 2. The van der Waals surface area contributed by atoms with Gasteiger partial charge < -0.3 is 10.8 Å². The van der Waals surface area contributed by atoms with Crippen molar-refractivity contribution >= 4 is 23.6 Å². The Labute approximate surface area is 150 Å². The number of rotatable bonds is 3. The van der Waals surface area contributed by atoms with Crippen LogP contribution in [0.25, 0.3) is 11.4 Å². The van der Waals surface area contributed by atoms with Gasteiger partial charge in [-0.1, -0.05) is 12.1 Å². The zero-order valence-electron chi connectivity index (χ0n) is 13.5. The minimum Gasteiger partial charge on any atom is -0.476 e. The van der Waals surface area contributed by atoms with Crippen molar-refractivity contribution in [2.24, 2.45) is 0 Å². The number of fused-ring (bicyclic) bond motifs is 1. The lowest BCUT2D eigenvalue weighted by Crippen LogP contribution is -2.25. The Balaban J connectivity index is 1.98. The molecule has 0 fully saturated rings. The Morgan fingerprint density at radius 2 is 1.78 bits per heavy atom. The molecule has 10 heteroatoms. The van der Waals surface area contributed by atoms with E-state index in [1.165, 1.54) is 16.9 Å². The summed E-state index contributed by atoms with van der Waals surface area (Å²) in [6.07, 6.45) is 1.42. The van der Waals surface area contributed by atoms with E-state index in [1.807, 2.05) is 0 Å². The number of carboxylic acid groups (broad SMARTS) is 1. The fourth-order valence-electron chi connectivity index (χ4n) is 2.95. The maximum Gasteiger partial charge on any atom is 0.356 e. The second-order valence-electron chi connectivity index (χ2n) is 5.71. The third-order valence-corrected chi connectivity index (χ3v) is 4.13. The van der Waals surface area contributed by atoms with Gasteiger partial charge in [-0.25, -0.2) is 9.48 Å². The number of nitrogen functional groups attached to an aromatic ring is 1. The van der Waals surface area contributed by atoms with E-state index in [4.69, 9.17) is 10.8 Å². The average molecular weight is 365 g/mol. The number of carbonyl (C=O) groups is 3. The van der Waals surface area contributed by atoms with Crippen LogP contribution in [0.5, 0.6) is 0 Å². The highest BCUT2D eigenvalue weighted by Crippen LogP contribution is 2.25. The summed E-state index contributed by atoms with van der Waals surface area (Å²) in [6.45, 7) is 0. The van der Waals surface area contributed by atoms with Crippen molar-refractivity contribution in [3.8, 4) is 11.4 Å². The number of nitrogens with two attached hydrogens (primary N) is 1. The molecule has 0 saturated heterocycles. The van der Waals surface area contributed by atoms with Crippen molar-refractivity contribution in [3.05, 3.63) is 69.8 Å². The fourth-order valence-corrected chi connectivity index (χ4v) is 2.95. The maximum absolute atomic E-state index is 12.6. The molecule has 0 bridgehead atoms. The molecule has 10 nitrogen and oxygen atoms in total. The van der Waals surface area contributed by atoms with Crippen molar-refractivity contribution in [3.63, 3.8) is 0 Å². The molecule has 0 atom stereocenters. The molecule has 1 aliphatic heterocycles. The third kappa shape index (κ3) is 2.39. The highest BCUT2D eigenvalue weighted by Gasteiger charge is 2.32. The fraction of sp³-hybridized carbons (Fsp3) is 0. The van der Waals surface area contributed by atoms with Crippen LogP contribution in [0.4, 0.5) is 5.82 Å². The summed E-state index contributed by atoms with van der Waals surface area (Å²) in [5.41, 5.74) is 5.73. The second-order valence-corrected chi connectivity index (χ2v) is 5.71. The molecule has 0 spiro atoms. The summed E-state index contributed by atoms with van der Waals surface area (Å²) < 4.78 is 2.36. The van der Waals surface area contributed by atoms with Crippen molar-refractivity contribution in [2.45, 2.75) is 0 Å². The van der Waals surface area contributed by atoms with Crippen LogP contribution in [-0.2, 0) is 0 Å². The van der Waals surface area contributed by atoms with E-state index >= 15 is 0 Å². The number of anilines is 1. The molecule has 2 aromatic heterocycles. The monoisotopic (exact) mass is 365 g/mol. The van der Waals surface area contributed by atoms with Gasteiger partial charge in [-0.3, -0.25) is 24.3 Å². The van der Waals surface area contributed by atoms with Crippen molar-refractivity contribution in [1.82, 2.24) is 19.7 Å². The first-order chi connectivity index (χ1) is 12.9. The quantitative estimate of drug-likeness (QED) is 0.561. The molecular formula is C17H11N5O5. The summed E-state index contributed by atoms with van der Waals surface area (Å²) >= 11 is 0. The molecule has 0 aliphatic carbocycles. The molecule has 0 saturated carbocycles. The number of aromatic carboxylic acids is 1. The molecule has 4 rings (SSSR count). The van der Waals surface area contributed by atoms with Crippen LogP contribution >= 0.6 is 0 Å². The predicted molar refractivity (Wildman–Crippen MR) is 92.3 cm³/mol. The van der Waals surface area contributed by atoms with E-state index in [9.17, 15) is 19.2 Å². The molecule has 4 N–H and O–H groups in total. The summed E-state index contributed by atoms with van der Waals surface area (Å²) in [5.74, 6) is -2.77. The van der Waals surface area contributed by atoms with Crippen molar-refractivity contribution < 1.29 is 19.5 Å². The number of amides is 2. The van der Waals surface area contributed by atoms with Crippen molar-refractivity contribution in [1.29, 1.82) is 0 Å². The zero-order valence-corrected chi connectivity index (χ0v) is 13.5. The number of aromatic nitrogens is 3. The summed E-state index contributed by atoms with van der Waals surface area (Å²) in [6, 6.07) is 8.83. The van der Waals surface area contributed by atoms with Crippen LogP contribution in [0, 0.1) is 0 Å². The number of carbonyl (C=O) groups excluding carboxylic acids is 2. The van der Waals surface area contributed by atoms with Gasteiger partial charge >= 0.3 is 5.97 Å². The molecule has 0 unspecified atom stereocenters. The standard InChI is InChI=1S/C17H11N5O5/c18-14-13-8(15(24)19-16(13)25)7-12(23)22(14)11-4-2-1-3-10(11)21-6-5-9(20-21)17(26)27/h1-7H,18H2,(H,26,27)(H,19,24,25). The highest BCUT2D eigenvalue weighted by atomic mass is 16.4. The van der Waals surface area contributed by atoms with E-state index in [1.54, 1.807) is 24.3 Å². The van der Waals surface area contributed by atoms with Crippen LogP contribution in [0.15, 0.2) is 47.4 Å². The normalized spacial score (nSPS) is 12.7. The van der Waals surface area contributed by atoms with Crippen LogP contribution in [-0.4, -0.2) is 37.2 Å². The molecule has 134 valence electrons.